The summed E-state index contributed by atoms with van der Waals surface area (Å²) in [4.78, 5) is 12.8. The van der Waals surface area contributed by atoms with E-state index in [1.54, 1.807) is 18.4 Å². The molecule has 3 unspecified atom stereocenters. The van der Waals surface area contributed by atoms with E-state index in [1.807, 2.05) is 11.4 Å². The highest BCUT2D eigenvalue weighted by molar-refractivity contribution is 7.10. The number of rotatable bonds is 6. The third-order valence-corrected chi connectivity index (χ3v) is 4.87. The van der Waals surface area contributed by atoms with Gasteiger partial charge in [0.05, 0.1) is 25.7 Å². The number of nitrogens with one attached hydrogen (secondary N) is 1. The standard InChI is InChI=1S/C15H23NO3S/c1-18-12-6-3-5-11(9-12)16-13(10-15(17)19-2)14-7-4-8-20-14/h4,7-8,11-13,16H,3,5-6,9-10H2,1-2H3. The maximum atomic E-state index is 11.6. The molecule has 2 rings (SSSR count). The zero-order chi connectivity index (χ0) is 14.4. The fourth-order valence-electron chi connectivity index (χ4n) is 2.78. The van der Waals surface area contributed by atoms with Gasteiger partial charge in [-0.25, -0.2) is 0 Å². The summed E-state index contributed by atoms with van der Waals surface area (Å²) >= 11 is 1.68. The second kappa shape index (κ2) is 7.76. The topological polar surface area (TPSA) is 47.6 Å². The van der Waals surface area contributed by atoms with Crippen LogP contribution in [0.3, 0.4) is 0 Å². The van der Waals surface area contributed by atoms with Crippen LogP contribution in [0.25, 0.3) is 0 Å². The molecule has 0 amide bonds. The Hall–Kier alpha value is -0.910. The van der Waals surface area contributed by atoms with Crippen molar-refractivity contribution >= 4 is 17.3 Å². The molecule has 0 aromatic carbocycles. The third kappa shape index (κ3) is 4.30. The Morgan fingerprint density at radius 1 is 1.50 bits per heavy atom. The van der Waals surface area contributed by atoms with Crippen LogP contribution >= 0.6 is 11.3 Å². The highest BCUT2D eigenvalue weighted by atomic mass is 32.1. The molecular formula is C15H23NO3S. The van der Waals surface area contributed by atoms with Gasteiger partial charge in [0.15, 0.2) is 0 Å². The van der Waals surface area contributed by atoms with Gasteiger partial charge in [-0.3, -0.25) is 4.79 Å². The zero-order valence-corrected chi connectivity index (χ0v) is 12.9. The van der Waals surface area contributed by atoms with E-state index in [0.717, 1.165) is 19.3 Å². The molecule has 1 heterocycles. The van der Waals surface area contributed by atoms with Crippen molar-refractivity contribution in [3.05, 3.63) is 22.4 Å². The maximum absolute atomic E-state index is 11.6. The molecule has 1 saturated carbocycles. The molecule has 1 aromatic rings. The van der Waals surface area contributed by atoms with Crippen molar-refractivity contribution in [3.63, 3.8) is 0 Å². The average Bonchev–Trinajstić information content (AvgIpc) is 3.00. The first-order valence-corrected chi connectivity index (χ1v) is 8.00. The van der Waals surface area contributed by atoms with Crippen LogP contribution in [0.15, 0.2) is 17.5 Å². The van der Waals surface area contributed by atoms with E-state index in [-0.39, 0.29) is 12.0 Å². The lowest BCUT2D eigenvalue weighted by atomic mass is 9.92. The molecule has 4 nitrogen and oxygen atoms in total. The first-order chi connectivity index (χ1) is 9.72. The minimum absolute atomic E-state index is 0.0445. The Labute approximate surface area is 124 Å². The number of esters is 1. The van der Waals surface area contributed by atoms with Crippen LogP contribution in [0.5, 0.6) is 0 Å². The lowest BCUT2D eigenvalue weighted by Crippen LogP contribution is -2.39. The van der Waals surface area contributed by atoms with Gasteiger partial charge in [-0.2, -0.15) is 0 Å². The van der Waals surface area contributed by atoms with E-state index in [2.05, 4.69) is 11.4 Å². The predicted octanol–water partition coefficient (Wildman–Crippen LogP) is 2.90. The smallest absolute Gasteiger partial charge is 0.307 e. The van der Waals surface area contributed by atoms with Gasteiger partial charge in [0.1, 0.15) is 0 Å². The summed E-state index contributed by atoms with van der Waals surface area (Å²) < 4.78 is 10.3. The third-order valence-electron chi connectivity index (χ3n) is 3.88. The summed E-state index contributed by atoms with van der Waals surface area (Å²) in [5.74, 6) is -0.171. The van der Waals surface area contributed by atoms with Crippen molar-refractivity contribution < 1.29 is 14.3 Å². The van der Waals surface area contributed by atoms with Crippen LogP contribution in [0, 0.1) is 0 Å². The average molecular weight is 297 g/mol. The molecule has 0 radical (unpaired) electrons. The van der Waals surface area contributed by atoms with Crippen LogP contribution in [0.4, 0.5) is 0 Å². The Balaban J connectivity index is 1.98. The molecule has 0 saturated heterocycles. The second-order valence-corrected chi connectivity index (χ2v) is 6.22. The largest absolute Gasteiger partial charge is 0.469 e. The molecule has 1 aliphatic carbocycles. The SMILES string of the molecule is COC(=O)CC(NC1CCCC(OC)C1)c1cccs1. The molecule has 1 aromatic heterocycles. The second-order valence-electron chi connectivity index (χ2n) is 5.24. The first-order valence-electron chi connectivity index (χ1n) is 7.12. The van der Waals surface area contributed by atoms with Crippen molar-refractivity contribution in [3.8, 4) is 0 Å². The van der Waals surface area contributed by atoms with Crippen LogP contribution < -0.4 is 5.32 Å². The van der Waals surface area contributed by atoms with Crippen LogP contribution in [0.2, 0.25) is 0 Å². The summed E-state index contributed by atoms with van der Waals surface area (Å²) in [5.41, 5.74) is 0. The Bertz CT molecular complexity index is 407. The number of ether oxygens (including phenoxy) is 2. The van der Waals surface area contributed by atoms with Crippen LogP contribution in [0.1, 0.15) is 43.0 Å². The van der Waals surface area contributed by atoms with Crippen molar-refractivity contribution in [2.24, 2.45) is 0 Å². The van der Waals surface area contributed by atoms with E-state index in [9.17, 15) is 4.79 Å². The van der Waals surface area contributed by atoms with Gasteiger partial charge in [0.25, 0.3) is 0 Å². The Morgan fingerprint density at radius 3 is 3.00 bits per heavy atom. The van der Waals surface area contributed by atoms with Gasteiger partial charge in [0.2, 0.25) is 0 Å². The normalized spacial score (nSPS) is 24.3. The van der Waals surface area contributed by atoms with Gasteiger partial charge in [-0.05, 0) is 37.1 Å². The Kier molecular flexibility index (Phi) is 6.01. The van der Waals surface area contributed by atoms with E-state index < -0.39 is 0 Å². The number of methoxy groups -OCH3 is 2. The van der Waals surface area contributed by atoms with Crippen molar-refractivity contribution in [1.82, 2.24) is 5.32 Å². The summed E-state index contributed by atoms with van der Waals surface area (Å²) in [6.45, 7) is 0. The van der Waals surface area contributed by atoms with Crippen molar-refractivity contribution in [1.29, 1.82) is 0 Å². The van der Waals surface area contributed by atoms with Gasteiger partial charge >= 0.3 is 5.97 Å². The summed E-state index contributed by atoms with van der Waals surface area (Å²) in [6, 6.07) is 4.54. The molecule has 0 bridgehead atoms. The first kappa shape index (κ1) is 15.5. The highest BCUT2D eigenvalue weighted by Crippen LogP contribution is 2.27. The fourth-order valence-corrected chi connectivity index (χ4v) is 3.56. The number of thiophene rings is 1. The molecule has 20 heavy (non-hydrogen) atoms. The Morgan fingerprint density at radius 2 is 2.35 bits per heavy atom. The minimum atomic E-state index is -0.171. The molecule has 1 aliphatic rings. The summed E-state index contributed by atoms with van der Waals surface area (Å²) in [7, 11) is 3.22. The predicted molar refractivity (Wildman–Crippen MR) is 79.9 cm³/mol. The van der Waals surface area contributed by atoms with Crippen molar-refractivity contribution in [2.45, 2.75) is 50.3 Å². The monoisotopic (exact) mass is 297 g/mol. The molecule has 0 spiro atoms. The van der Waals surface area contributed by atoms with E-state index >= 15 is 0 Å². The number of hydrogen-bond acceptors (Lipinski definition) is 5. The molecule has 1 N–H and O–H groups in total. The molecule has 0 aliphatic heterocycles. The number of hydrogen-bond donors (Lipinski definition) is 1. The molecule has 112 valence electrons. The van der Waals surface area contributed by atoms with Crippen molar-refractivity contribution in [2.75, 3.05) is 14.2 Å². The van der Waals surface area contributed by atoms with Gasteiger partial charge < -0.3 is 14.8 Å². The fraction of sp³-hybridized carbons (Fsp3) is 0.667. The number of carbonyl (C=O) groups excluding carboxylic acids is 1. The van der Waals surface area contributed by atoms with Gasteiger partial charge in [-0.1, -0.05) is 6.07 Å². The quantitative estimate of drug-likeness (QED) is 0.820. The summed E-state index contributed by atoms with van der Waals surface area (Å²) in [5, 5.41) is 5.66. The minimum Gasteiger partial charge on any atom is -0.469 e. The number of carbonyl (C=O) groups is 1. The van der Waals surface area contributed by atoms with E-state index in [0.29, 0.717) is 18.6 Å². The van der Waals surface area contributed by atoms with Gasteiger partial charge in [-0.15, -0.1) is 11.3 Å². The molecule has 1 fully saturated rings. The van der Waals surface area contributed by atoms with E-state index in [1.165, 1.54) is 18.4 Å². The highest BCUT2D eigenvalue weighted by Gasteiger charge is 2.26. The molecule has 5 heteroatoms. The van der Waals surface area contributed by atoms with Crippen LogP contribution in [-0.4, -0.2) is 32.3 Å². The maximum Gasteiger partial charge on any atom is 0.307 e. The van der Waals surface area contributed by atoms with E-state index in [4.69, 9.17) is 9.47 Å². The lowest BCUT2D eigenvalue weighted by molar-refractivity contribution is -0.141. The summed E-state index contributed by atoms with van der Waals surface area (Å²) in [6.07, 6.45) is 5.18. The molecular weight excluding hydrogens is 274 g/mol. The van der Waals surface area contributed by atoms with Crippen LogP contribution in [-0.2, 0) is 14.3 Å². The molecule has 3 atom stereocenters. The van der Waals surface area contributed by atoms with Gasteiger partial charge in [0, 0.05) is 18.0 Å². The lowest BCUT2D eigenvalue weighted by Gasteiger charge is -2.31. The zero-order valence-electron chi connectivity index (χ0n) is 12.1.